The highest BCUT2D eigenvalue weighted by atomic mass is 32.1. The first-order valence-corrected chi connectivity index (χ1v) is 5.61. The normalized spacial score (nSPS) is 10.7. The van der Waals surface area contributed by atoms with Gasteiger partial charge in [-0.25, -0.2) is 0 Å². The van der Waals surface area contributed by atoms with Crippen molar-refractivity contribution >= 4 is 21.4 Å². The van der Waals surface area contributed by atoms with Gasteiger partial charge in [0.05, 0.1) is 0 Å². The van der Waals surface area contributed by atoms with Crippen molar-refractivity contribution in [2.45, 2.75) is 0 Å². The third-order valence-electron chi connectivity index (χ3n) is 2.40. The Balaban J connectivity index is 2.31. The maximum atomic E-state index is 4.03. The summed E-state index contributed by atoms with van der Waals surface area (Å²) in [6.07, 6.45) is 3.64. The number of aromatic nitrogens is 1. The summed E-state index contributed by atoms with van der Waals surface area (Å²) < 4.78 is 1.32. The van der Waals surface area contributed by atoms with Gasteiger partial charge in [0.25, 0.3) is 0 Å². The van der Waals surface area contributed by atoms with Gasteiger partial charge in [0, 0.05) is 22.7 Å². The molecule has 1 radical (unpaired) electrons. The molecule has 2 aromatic heterocycles. The molecule has 1 aromatic carbocycles. The Kier molecular flexibility index (Phi) is 2.00. The summed E-state index contributed by atoms with van der Waals surface area (Å²) in [5.41, 5.74) is 2.44. The molecule has 2 heteroatoms. The van der Waals surface area contributed by atoms with E-state index in [4.69, 9.17) is 0 Å². The molecule has 0 amide bonds. The fourth-order valence-electron chi connectivity index (χ4n) is 1.68. The molecule has 0 saturated carbocycles. The molecule has 0 aliphatic rings. The molecular formula is C13H8NS. The van der Waals surface area contributed by atoms with Crippen molar-refractivity contribution in [2.24, 2.45) is 0 Å². The van der Waals surface area contributed by atoms with Gasteiger partial charge >= 0.3 is 0 Å². The standard InChI is InChI=1S/C13H8NS/c1-2-11-6-9-15-13(11)12(3-1)10-4-7-14-8-5-10/h2-9H. The number of fused-ring (bicyclic) bond motifs is 1. The van der Waals surface area contributed by atoms with E-state index in [0.29, 0.717) is 0 Å². The van der Waals surface area contributed by atoms with Crippen LogP contribution in [0.3, 0.4) is 0 Å². The lowest BCUT2D eigenvalue weighted by Crippen LogP contribution is -1.78. The third kappa shape index (κ3) is 1.43. The van der Waals surface area contributed by atoms with E-state index in [1.165, 1.54) is 21.2 Å². The molecule has 71 valence electrons. The fourth-order valence-corrected chi connectivity index (χ4v) is 2.60. The molecule has 0 spiro atoms. The second-order valence-electron chi connectivity index (χ2n) is 3.31. The highest BCUT2D eigenvalue weighted by molar-refractivity contribution is 7.17. The SMILES string of the molecule is [c]1cc(-c2ccncc2)c2sccc2c1. The Hall–Kier alpha value is -1.67. The molecule has 0 aliphatic carbocycles. The van der Waals surface area contributed by atoms with Crippen molar-refractivity contribution in [3.8, 4) is 11.1 Å². The van der Waals surface area contributed by atoms with Crippen LogP contribution in [0, 0.1) is 6.07 Å². The maximum Gasteiger partial charge on any atom is 0.0421 e. The topological polar surface area (TPSA) is 12.9 Å². The minimum absolute atomic E-state index is 1.20. The predicted molar refractivity (Wildman–Crippen MR) is 63.9 cm³/mol. The van der Waals surface area contributed by atoms with E-state index in [2.05, 4.69) is 22.5 Å². The number of hydrogen-bond acceptors (Lipinski definition) is 2. The predicted octanol–water partition coefficient (Wildman–Crippen LogP) is 3.76. The van der Waals surface area contributed by atoms with Crippen LogP contribution in [0.4, 0.5) is 0 Å². The minimum atomic E-state index is 1.20. The number of nitrogens with zero attached hydrogens (tertiary/aromatic N) is 1. The summed E-state index contributed by atoms with van der Waals surface area (Å²) in [6.45, 7) is 0. The first-order valence-electron chi connectivity index (χ1n) is 4.73. The zero-order valence-electron chi connectivity index (χ0n) is 7.97. The Labute approximate surface area is 92.0 Å². The lowest BCUT2D eigenvalue weighted by atomic mass is 10.1. The van der Waals surface area contributed by atoms with Gasteiger partial charge in [-0.3, -0.25) is 4.98 Å². The van der Waals surface area contributed by atoms with Gasteiger partial charge in [0.2, 0.25) is 0 Å². The fraction of sp³-hybridized carbons (Fsp3) is 0. The molecule has 3 aromatic rings. The average Bonchev–Trinajstić information content (AvgIpc) is 2.78. The Morgan fingerprint density at radius 3 is 2.80 bits per heavy atom. The van der Waals surface area contributed by atoms with E-state index in [-0.39, 0.29) is 0 Å². The summed E-state index contributed by atoms with van der Waals surface area (Å²) in [6, 6.07) is 13.4. The van der Waals surface area contributed by atoms with Gasteiger partial charge in [0.15, 0.2) is 0 Å². The summed E-state index contributed by atoms with van der Waals surface area (Å²) in [5.74, 6) is 0. The largest absolute Gasteiger partial charge is 0.265 e. The van der Waals surface area contributed by atoms with Crippen LogP contribution in [-0.2, 0) is 0 Å². The summed E-state index contributed by atoms with van der Waals surface area (Å²) >= 11 is 1.77. The van der Waals surface area contributed by atoms with Crippen LogP contribution in [0.25, 0.3) is 21.2 Å². The van der Waals surface area contributed by atoms with E-state index < -0.39 is 0 Å². The quantitative estimate of drug-likeness (QED) is 0.596. The third-order valence-corrected chi connectivity index (χ3v) is 3.36. The number of rotatable bonds is 1. The Morgan fingerprint density at radius 1 is 1.07 bits per heavy atom. The van der Waals surface area contributed by atoms with Crippen molar-refractivity contribution < 1.29 is 0 Å². The van der Waals surface area contributed by atoms with Gasteiger partial charge in [-0.2, -0.15) is 0 Å². The smallest absolute Gasteiger partial charge is 0.0421 e. The number of benzene rings is 1. The molecule has 0 N–H and O–H groups in total. The molecule has 0 unspecified atom stereocenters. The van der Waals surface area contributed by atoms with E-state index in [1.807, 2.05) is 36.7 Å². The van der Waals surface area contributed by atoms with E-state index in [0.717, 1.165) is 0 Å². The van der Waals surface area contributed by atoms with Crippen molar-refractivity contribution in [1.29, 1.82) is 0 Å². The molecule has 15 heavy (non-hydrogen) atoms. The second kappa shape index (κ2) is 3.48. The van der Waals surface area contributed by atoms with Crippen LogP contribution in [0.5, 0.6) is 0 Å². The highest BCUT2D eigenvalue weighted by Gasteiger charge is 2.03. The van der Waals surface area contributed by atoms with E-state index in [9.17, 15) is 0 Å². The highest BCUT2D eigenvalue weighted by Crippen LogP contribution is 2.31. The van der Waals surface area contributed by atoms with Crippen molar-refractivity contribution in [1.82, 2.24) is 4.98 Å². The molecular weight excluding hydrogens is 202 g/mol. The van der Waals surface area contributed by atoms with Crippen LogP contribution in [-0.4, -0.2) is 4.98 Å². The molecule has 1 nitrogen and oxygen atoms in total. The van der Waals surface area contributed by atoms with Crippen molar-refractivity contribution in [3.05, 3.63) is 54.2 Å². The number of hydrogen-bond donors (Lipinski definition) is 0. The Morgan fingerprint density at radius 2 is 1.93 bits per heavy atom. The zero-order valence-corrected chi connectivity index (χ0v) is 8.79. The maximum absolute atomic E-state index is 4.03. The molecule has 0 fully saturated rings. The van der Waals surface area contributed by atoms with Crippen LogP contribution >= 0.6 is 11.3 Å². The van der Waals surface area contributed by atoms with E-state index >= 15 is 0 Å². The van der Waals surface area contributed by atoms with Crippen LogP contribution in [0.1, 0.15) is 0 Å². The summed E-state index contributed by atoms with van der Waals surface area (Å²) in [7, 11) is 0. The molecule has 0 atom stereocenters. The molecule has 0 aliphatic heterocycles. The molecule has 0 bridgehead atoms. The average molecular weight is 210 g/mol. The molecule has 2 heterocycles. The molecule has 3 rings (SSSR count). The summed E-state index contributed by atoms with van der Waals surface area (Å²) in [4.78, 5) is 4.03. The Bertz CT molecular complexity index is 584. The van der Waals surface area contributed by atoms with E-state index in [1.54, 1.807) is 11.3 Å². The first kappa shape index (κ1) is 8.62. The van der Waals surface area contributed by atoms with Crippen molar-refractivity contribution in [2.75, 3.05) is 0 Å². The van der Waals surface area contributed by atoms with Gasteiger partial charge in [-0.1, -0.05) is 0 Å². The van der Waals surface area contributed by atoms with Crippen LogP contribution in [0.2, 0.25) is 0 Å². The number of pyridine rings is 1. The first-order chi connectivity index (χ1) is 7.45. The van der Waals surface area contributed by atoms with Crippen LogP contribution < -0.4 is 0 Å². The zero-order chi connectivity index (χ0) is 10.1. The van der Waals surface area contributed by atoms with Gasteiger partial charge < -0.3 is 0 Å². The second-order valence-corrected chi connectivity index (χ2v) is 4.23. The minimum Gasteiger partial charge on any atom is -0.265 e. The van der Waals surface area contributed by atoms with Crippen molar-refractivity contribution in [3.63, 3.8) is 0 Å². The molecule has 0 saturated heterocycles. The lowest BCUT2D eigenvalue weighted by Gasteiger charge is -2.01. The van der Waals surface area contributed by atoms with Gasteiger partial charge in [-0.05, 0) is 52.7 Å². The van der Waals surface area contributed by atoms with Gasteiger partial charge in [-0.15, -0.1) is 11.3 Å². The number of thiophene rings is 1. The lowest BCUT2D eigenvalue weighted by molar-refractivity contribution is 1.33. The summed E-state index contributed by atoms with van der Waals surface area (Å²) in [5, 5.41) is 3.37. The van der Waals surface area contributed by atoms with Gasteiger partial charge in [0.1, 0.15) is 0 Å². The monoisotopic (exact) mass is 210 g/mol. The van der Waals surface area contributed by atoms with Crippen LogP contribution in [0.15, 0.2) is 48.1 Å².